The number of ether oxygens (including phenoxy) is 5. The highest BCUT2D eigenvalue weighted by Gasteiger charge is 2.69. The van der Waals surface area contributed by atoms with Crippen LogP contribution in [0.3, 0.4) is 0 Å². The van der Waals surface area contributed by atoms with Crippen LogP contribution in [0, 0.1) is 22.7 Å². The Labute approximate surface area is 220 Å². The average molecular weight is 525 g/mol. The van der Waals surface area contributed by atoms with Gasteiger partial charge in [-0.1, -0.05) is 20.8 Å². The first kappa shape index (κ1) is 29.4. The molecule has 1 saturated heterocycles. The van der Waals surface area contributed by atoms with Crippen molar-refractivity contribution in [2.45, 2.75) is 111 Å². The molecular formula is C28H44O9. The number of fused-ring (bicyclic) bond motifs is 2. The van der Waals surface area contributed by atoms with Crippen LogP contribution in [-0.2, 0) is 42.9 Å². The smallest absolute Gasteiger partial charge is 0.302 e. The molecule has 0 aromatic carbocycles. The molecule has 0 bridgehead atoms. The number of hydrogen-bond donors (Lipinski definition) is 0. The van der Waals surface area contributed by atoms with Crippen molar-refractivity contribution in [3.8, 4) is 0 Å². The third-order valence-electron chi connectivity index (χ3n) is 9.52. The zero-order valence-corrected chi connectivity index (χ0v) is 23.5. The second-order valence-electron chi connectivity index (χ2n) is 11.9. The maximum absolute atomic E-state index is 12.0. The summed E-state index contributed by atoms with van der Waals surface area (Å²) < 4.78 is 29.3. The molecule has 3 aliphatic rings. The van der Waals surface area contributed by atoms with Crippen molar-refractivity contribution >= 4 is 23.9 Å². The number of rotatable bonds is 8. The van der Waals surface area contributed by atoms with E-state index in [1.807, 2.05) is 0 Å². The predicted octanol–water partition coefficient (Wildman–Crippen LogP) is 4.14. The summed E-state index contributed by atoms with van der Waals surface area (Å²) in [5, 5.41) is 0. The van der Waals surface area contributed by atoms with Gasteiger partial charge in [0.2, 0.25) is 0 Å². The average Bonchev–Trinajstić information content (AvgIpc) is 3.18. The Morgan fingerprint density at radius 2 is 1.41 bits per heavy atom. The van der Waals surface area contributed by atoms with Crippen molar-refractivity contribution in [3.63, 3.8) is 0 Å². The summed E-state index contributed by atoms with van der Waals surface area (Å²) in [5.41, 5.74) is -2.18. The first-order chi connectivity index (χ1) is 17.2. The van der Waals surface area contributed by atoms with Crippen LogP contribution in [0.25, 0.3) is 0 Å². The van der Waals surface area contributed by atoms with Crippen molar-refractivity contribution in [1.82, 2.24) is 0 Å². The third-order valence-corrected chi connectivity index (χ3v) is 9.52. The molecule has 2 saturated carbocycles. The van der Waals surface area contributed by atoms with Gasteiger partial charge in [0.15, 0.2) is 0 Å². The largest absolute Gasteiger partial charge is 0.466 e. The molecule has 37 heavy (non-hydrogen) atoms. The Morgan fingerprint density at radius 3 is 2.00 bits per heavy atom. The molecular weight excluding hydrogens is 480 g/mol. The van der Waals surface area contributed by atoms with E-state index in [2.05, 4.69) is 20.8 Å². The monoisotopic (exact) mass is 524 g/mol. The maximum Gasteiger partial charge on any atom is 0.302 e. The molecule has 1 spiro atoms. The van der Waals surface area contributed by atoms with E-state index in [-0.39, 0.29) is 67.1 Å². The Bertz CT molecular complexity index is 902. The summed E-state index contributed by atoms with van der Waals surface area (Å²) >= 11 is 0. The van der Waals surface area contributed by atoms with Crippen LogP contribution in [0.2, 0.25) is 0 Å². The fourth-order valence-electron chi connectivity index (χ4n) is 7.71. The van der Waals surface area contributed by atoms with Gasteiger partial charge in [-0.05, 0) is 50.4 Å². The Morgan fingerprint density at radius 1 is 0.784 bits per heavy atom. The van der Waals surface area contributed by atoms with Crippen LogP contribution < -0.4 is 0 Å². The Kier molecular flexibility index (Phi) is 8.67. The van der Waals surface area contributed by atoms with E-state index >= 15 is 0 Å². The van der Waals surface area contributed by atoms with Gasteiger partial charge in [0.05, 0.1) is 12.2 Å². The van der Waals surface area contributed by atoms with Crippen LogP contribution in [0.1, 0.15) is 93.4 Å². The van der Waals surface area contributed by atoms with Gasteiger partial charge in [-0.15, -0.1) is 0 Å². The molecule has 0 aromatic heterocycles. The maximum atomic E-state index is 12.0. The second kappa shape index (κ2) is 10.9. The van der Waals surface area contributed by atoms with Crippen molar-refractivity contribution in [2.24, 2.45) is 22.7 Å². The van der Waals surface area contributed by atoms with Gasteiger partial charge >= 0.3 is 23.9 Å². The van der Waals surface area contributed by atoms with Gasteiger partial charge in [0.1, 0.15) is 24.9 Å². The summed E-state index contributed by atoms with van der Waals surface area (Å²) in [6.07, 6.45) is 4.70. The van der Waals surface area contributed by atoms with E-state index in [1.165, 1.54) is 27.7 Å². The zero-order chi connectivity index (χ0) is 27.6. The van der Waals surface area contributed by atoms with Gasteiger partial charge in [0.25, 0.3) is 0 Å². The van der Waals surface area contributed by atoms with Crippen LogP contribution in [0.15, 0.2) is 0 Å². The minimum absolute atomic E-state index is 0.0617. The molecule has 7 unspecified atom stereocenters. The molecule has 0 amide bonds. The summed E-state index contributed by atoms with van der Waals surface area (Å²) in [7, 11) is 0. The minimum atomic E-state index is -0.765. The highest BCUT2D eigenvalue weighted by Crippen LogP contribution is 2.68. The second-order valence-corrected chi connectivity index (χ2v) is 11.9. The molecule has 9 nitrogen and oxygen atoms in total. The number of carbonyl (C=O) groups is 4. The minimum Gasteiger partial charge on any atom is -0.466 e. The van der Waals surface area contributed by atoms with Gasteiger partial charge in [-0.3, -0.25) is 19.2 Å². The molecule has 7 atom stereocenters. The lowest BCUT2D eigenvalue weighted by Gasteiger charge is -2.65. The molecule has 0 radical (unpaired) electrons. The van der Waals surface area contributed by atoms with Gasteiger partial charge < -0.3 is 23.7 Å². The lowest BCUT2D eigenvalue weighted by Crippen LogP contribution is -2.67. The summed E-state index contributed by atoms with van der Waals surface area (Å²) in [6.45, 7) is 12.5. The normalized spacial score (nSPS) is 38.9. The molecule has 3 fully saturated rings. The third kappa shape index (κ3) is 5.66. The molecule has 3 rings (SSSR count). The fourth-order valence-corrected chi connectivity index (χ4v) is 7.71. The van der Waals surface area contributed by atoms with E-state index in [0.29, 0.717) is 19.3 Å². The molecule has 9 heteroatoms. The van der Waals surface area contributed by atoms with Gasteiger partial charge in [-0.2, -0.15) is 0 Å². The molecule has 1 heterocycles. The van der Waals surface area contributed by atoms with Crippen molar-refractivity contribution < 1.29 is 42.9 Å². The number of esters is 4. The van der Waals surface area contributed by atoms with E-state index in [1.54, 1.807) is 0 Å². The summed E-state index contributed by atoms with van der Waals surface area (Å²) in [5.74, 6) is -1.16. The topological polar surface area (TPSA) is 114 Å². The number of hydrogen-bond acceptors (Lipinski definition) is 9. The standard InChI is InChI=1S/C28H44O9/c1-18-8-9-23-25(6,16-34-20(3)30)24(36-22(5)32)10-11-26(23,7)28(18)13-12-27(37-28,17-35-21(4)31)14-15-33-19(2)29/h18,23-24H,8-17H2,1-7H3. The summed E-state index contributed by atoms with van der Waals surface area (Å²) in [6, 6.07) is 0. The predicted molar refractivity (Wildman–Crippen MR) is 133 cm³/mol. The quantitative estimate of drug-likeness (QED) is 0.341. The fraction of sp³-hybridized carbons (Fsp3) is 0.857. The van der Waals surface area contributed by atoms with Crippen LogP contribution in [0.4, 0.5) is 0 Å². The first-order valence-corrected chi connectivity index (χ1v) is 13.5. The first-order valence-electron chi connectivity index (χ1n) is 13.5. The van der Waals surface area contributed by atoms with Gasteiger partial charge in [-0.25, -0.2) is 0 Å². The van der Waals surface area contributed by atoms with Crippen LogP contribution in [-0.4, -0.2) is 61.0 Å². The SMILES string of the molecule is CC(=O)OCCC1(COC(C)=O)CCC2(O1)C(C)CCC1C(C)(COC(C)=O)C(OC(C)=O)CCC12C. The van der Waals surface area contributed by atoms with E-state index in [9.17, 15) is 19.2 Å². The highest BCUT2D eigenvalue weighted by molar-refractivity contribution is 5.67. The number of carbonyl (C=O) groups excluding carboxylic acids is 4. The van der Waals surface area contributed by atoms with Crippen molar-refractivity contribution in [2.75, 3.05) is 19.8 Å². The zero-order valence-electron chi connectivity index (χ0n) is 23.5. The molecule has 210 valence electrons. The lowest BCUT2D eigenvalue weighted by molar-refractivity contribution is -0.275. The van der Waals surface area contributed by atoms with Gasteiger partial charge in [0, 0.05) is 44.9 Å². The lowest BCUT2D eigenvalue weighted by atomic mass is 9.43. The Hall–Kier alpha value is -2.16. The molecule has 0 N–H and O–H groups in total. The molecule has 1 aliphatic heterocycles. The molecule has 0 aromatic rings. The van der Waals surface area contributed by atoms with Crippen LogP contribution >= 0.6 is 0 Å². The van der Waals surface area contributed by atoms with Crippen molar-refractivity contribution in [3.05, 3.63) is 0 Å². The highest BCUT2D eigenvalue weighted by atomic mass is 16.6. The van der Waals surface area contributed by atoms with Crippen molar-refractivity contribution in [1.29, 1.82) is 0 Å². The van der Waals surface area contributed by atoms with Crippen LogP contribution in [0.5, 0.6) is 0 Å². The Balaban J connectivity index is 1.99. The van der Waals surface area contributed by atoms with E-state index in [0.717, 1.165) is 25.7 Å². The molecule has 2 aliphatic carbocycles. The summed E-state index contributed by atoms with van der Waals surface area (Å²) in [4.78, 5) is 47.0. The van der Waals surface area contributed by atoms with E-state index < -0.39 is 16.6 Å². The van der Waals surface area contributed by atoms with E-state index in [4.69, 9.17) is 23.7 Å².